The Kier molecular flexibility index (Phi) is 5.19. The predicted molar refractivity (Wildman–Crippen MR) is 96.0 cm³/mol. The van der Waals surface area contributed by atoms with Crippen LogP contribution in [0.15, 0.2) is 54.6 Å². The fraction of sp³-hybridized carbons (Fsp3) is 0.381. The largest absolute Gasteiger partial charge is 0.480 e. The number of benzene rings is 2. The van der Waals surface area contributed by atoms with Crippen molar-refractivity contribution in [3.05, 3.63) is 71.5 Å². The molecule has 0 radical (unpaired) electrons. The average Bonchev–Trinajstić information content (AvgIpc) is 2.65. The van der Waals surface area contributed by atoms with E-state index in [1.807, 2.05) is 42.2 Å². The van der Waals surface area contributed by atoms with Crippen molar-refractivity contribution >= 4 is 5.97 Å². The molecule has 1 saturated heterocycles. The number of carbonyl (C=O) groups is 1. The molecular formula is C21H24FNO2. The van der Waals surface area contributed by atoms with Crippen LogP contribution < -0.4 is 0 Å². The lowest BCUT2D eigenvalue weighted by Gasteiger charge is -2.46. The Labute approximate surface area is 148 Å². The summed E-state index contributed by atoms with van der Waals surface area (Å²) in [6, 6.07) is 15.9. The van der Waals surface area contributed by atoms with Gasteiger partial charge >= 0.3 is 5.97 Å². The minimum atomic E-state index is -1.41. The van der Waals surface area contributed by atoms with Crippen LogP contribution >= 0.6 is 0 Å². The standard InChI is InChI=1S/C21H24FNO2/c1-16(17-10-4-2-5-11-17)21(20(24)25,23-14-8-3-9-15-23)18-12-6-7-13-19(18)22/h2,4-7,10-13,16H,3,8-9,14-15H2,1H3,(H,24,25)/t16-,21+/m0/s1. The van der Waals surface area contributed by atoms with Crippen LogP contribution in [0.25, 0.3) is 0 Å². The number of aliphatic carboxylic acids is 1. The first-order valence-corrected chi connectivity index (χ1v) is 8.87. The molecular weight excluding hydrogens is 317 g/mol. The van der Waals surface area contributed by atoms with Crippen molar-refractivity contribution < 1.29 is 14.3 Å². The minimum absolute atomic E-state index is 0.251. The number of nitrogens with zero attached hydrogens (tertiary/aromatic N) is 1. The van der Waals surface area contributed by atoms with Crippen LogP contribution in [-0.2, 0) is 10.3 Å². The second-order valence-electron chi connectivity index (χ2n) is 6.73. The maximum atomic E-state index is 14.8. The lowest BCUT2D eigenvalue weighted by Crippen LogP contribution is -2.57. The zero-order chi connectivity index (χ0) is 17.9. The van der Waals surface area contributed by atoms with Crippen LogP contribution in [-0.4, -0.2) is 29.1 Å². The normalized spacial score (nSPS) is 19.1. The third-order valence-electron chi connectivity index (χ3n) is 5.39. The van der Waals surface area contributed by atoms with Crippen LogP contribution in [0.4, 0.5) is 4.39 Å². The highest BCUT2D eigenvalue weighted by atomic mass is 19.1. The predicted octanol–water partition coefficient (Wildman–Crippen LogP) is 4.40. The zero-order valence-electron chi connectivity index (χ0n) is 14.5. The Hall–Kier alpha value is -2.20. The monoisotopic (exact) mass is 341 g/mol. The van der Waals surface area contributed by atoms with E-state index < -0.39 is 17.3 Å². The lowest BCUT2D eigenvalue weighted by molar-refractivity contribution is -0.155. The summed E-state index contributed by atoms with van der Waals surface area (Å²) in [6.07, 6.45) is 2.96. The first kappa shape index (κ1) is 17.6. The molecule has 1 N–H and O–H groups in total. The van der Waals surface area contributed by atoms with Crippen molar-refractivity contribution in [1.29, 1.82) is 0 Å². The van der Waals surface area contributed by atoms with Crippen LogP contribution in [0.2, 0.25) is 0 Å². The van der Waals surface area contributed by atoms with E-state index in [-0.39, 0.29) is 11.5 Å². The Morgan fingerprint density at radius 1 is 1.04 bits per heavy atom. The van der Waals surface area contributed by atoms with E-state index >= 15 is 0 Å². The molecule has 132 valence electrons. The average molecular weight is 341 g/mol. The molecule has 4 heteroatoms. The number of likely N-dealkylation sites (tertiary alicyclic amines) is 1. The molecule has 0 bridgehead atoms. The van der Waals surface area contributed by atoms with Crippen LogP contribution in [0.3, 0.4) is 0 Å². The third kappa shape index (κ3) is 3.07. The van der Waals surface area contributed by atoms with E-state index in [0.29, 0.717) is 13.1 Å². The highest BCUT2D eigenvalue weighted by Gasteiger charge is 2.52. The highest BCUT2D eigenvalue weighted by molar-refractivity contribution is 5.82. The topological polar surface area (TPSA) is 40.5 Å². The van der Waals surface area contributed by atoms with Gasteiger partial charge in [-0.15, -0.1) is 0 Å². The fourth-order valence-corrected chi connectivity index (χ4v) is 4.11. The highest BCUT2D eigenvalue weighted by Crippen LogP contribution is 2.44. The van der Waals surface area contributed by atoms with Gasteiger partial charge in [0.2, 0.25) is 0 Å². The number of carboxylic acids is 1. The van der Waals surface area contributed by atoms with Gasteiger partial charge in [0.05, 0.1) is 0 Å². The number of piperidine rings is 1. The van der Waals surface area contributed by atoms with Crippen molar-refractivity contribution in [3.8, 4) is 0 Å². The lowest BCUT2D eigenvalue weighted by atomic mass is 9.73. The molecule has 0 spiro atoms. The Morgan fingerprint density at radius 2 is 1.64 bits per heavy atom. The van der Waals surface area contributed by atoms with E-state index in [1.54, 1.807) is 18.2 Å². The third-order valence-corrected chi connectivity index (χ3v) is 5.39. The first-order valence-electron chi connectivity index (χ1n) is 8.87. The zero-order valence-corrected chi connectivity index (χ0v) is 14.5. The molecule has 2 aromatic rings. The van der Waals surface area contributed by atoms with Crippen LogP contribution in [0, 0.1) is 5.82 Å². The number of halogens is 1. The van der Waals surface area contributed by atoms with Gasteiger partial charge in [-0.3, -0.25) is 4.90 Å². The number of carboxylic acid groups (broad SMARTS) is 1. The summed E-state index contributed by atoms with van der Waals surface area (Å²) < 4.78 is 14.8. The Morgan fingerprint density at radius 3 is 2.24 bits per heavy atom. The summed E-state index contributed by atoms with van der Waals surface area (Å²) in [5.41, 5.74) is -0.257. The van der Waals surface area contributed by atoms with Gasteiger partial charge in [-0.1, -0.05) is 61.9 Å². The molecule has 1 fully saturated rings. The van der Waals surface area contributed by atoms with E-state index in [4.69, 9.17) is 0 Å². The quantitative estimate of drug-likeness (QED) is 0.876. The summed E-state index contributed by atoms with van der Waals surface area (Å²) in [6.45, 7) is 3.22. The molecule has 3 nitrogen and oxygen atoms in total. The summed E-state index contributed by atoms with van der Waals surface area (Å²) in [5, 5.41) is 10.4. The van der Waals surface area contributed by atoms with Gasteiger partial charge in [0.15, 0.2) is 5.54 Å². The fourth-order valence-electron chi connectivity index (χ4n) is 4.11. The van der Waals surface area contributed by atoms with Crippen molar-refractivity contribution in [2.24, 2.45) is 0 Å². The second-order valence-corrected chi connectivity index (χ2v) is 6.73. The number of hydrogen-bond donors (Lipinski definition) is 1. The van der Waals surface area contributed by atoms with Gasteiger partial charge in [-0.05, 0) is 37.6 Å². The summed E-state index contributed by atoms with van der Waals surface area (Å²) in [4.78, 5) is 14.6. The van der Waals surface area contributed by atoms with E-state index in [1.165, 1.54) is 6.07 Å². The van der Waals surface area contributed by atoms with E-state index in [9.17, 15) is 14.3 Å². The molecule has 0 aromatic heterocycles. The van der Waals surface area contributed by atoms with Gasteiger partial charge < -0.3 is 5.11 Å². The number of hydrogen-bond acceptors (Lipinski definition) is 2. The molecule has 0 aliphatic carbocycles. The van der Waals surface area contributed by atoms with Gasteiger partial charge in [0, 0.05) is 11.5 Å². The minimum Gasteiger partial charge on any atom is -0.480 e. The van der Waals surface area contributed by atoms with Crippen molar-refractivity contribution in [3.63, 3.8) is 0 Å². The van der Waals surface area contributed by atoms with E-state index in [2.05, 4.69) is 0 Å². The van der Waals surface area contributed by atoms with Crippen molar-refractivity contribution in [2.45, 2.75) is 37.6 Å². The van der Waals surface area contributed by atoms with Crippen LogP contribution in [0.5, 0.6) is 0 Å². The number of rotatable bonds is 5. The van der Waals surface area contributed by atoms with Gasteiger partial charge in [-0.25, -0.2) is 9.18 Å². The molecule has 2 atom stereocenters. The molecule has 1 heterocycles. The van der Waals surface area contributed by atoms with Gasteiger partial charge in [0.25, 0.3) is 0 Å². The van der Waals surface area contributed by atoms with E-state index in [0.717, 1.165) is 24.8 Å². The summed E-state index contributed by atoms with van der Waals surface area (Å²) in [5.74, 6) is -1.84. The smallest absolute Gasteiger partial charge is 0.329 e. The molecule has 0 unspecified atom stereocenters. The molecule has 3 rings (SSSR count). The van der Waals surface area contributed by atoms with Crippen molar-refractivity contribution in [1.82, 2.24) is 4.90 Å². The van der Waals surface area contributed by atoms with Gasteiger partial charge in [0.1, 0.15) is 5.82 Å². The molecule has 1 aliphatic rings. The first-order chi connectivity index (χ1) is 12.1. The molecule has 1 aliphatic heterocycles. The SMILES string of the molecule is C[C@@H](c1ccccc1)[C@](C(=O)O)(c1ccccc1F)N1CCCCC1. The Bertz CT molecular complexity index is 728. The van der Waals surface area contributed by atoms with Gasteiger partial charge in [-0.2, -0.15) is 0 Å². The van der Waals surface area contributed by atoms with Crippen LogP contribution in [0.1, 0.15) is 43.2 Å². The van der Waals surface area contributed by atoms with Crippen molar-refractivity contribution in [2.75, 3.05) is 13.1 Å². The maximum Gasteiger partial charge on any atom is 0.329 e. The maximum absolute atomic E-state index is 14.8. The molecule has 25 heavy (non-hydrogen) atoms. The molecule has 0 saturated carbocycles. The second kappa shape index (κ2) is 7.36. The summed E-state index contributed by atoms with van der Waals surface area (Å²) in [7, 11) is 0. The summed E-state index contributed by atoms with van der Waals surface area (Å²) >= 11 is 0. The molecule has 0 amide bonds. The Balaban J connectivity index is 2.21. The molecule has 2 aromatic carbocycles.